The summed E-state index contributed by atoms with van der Waals surface area (Å²) in [6.07, 6.45) is 2.75. The molecule has 0 N–H and O–H groups in total. The van der Waals surface area contributed by atoms with Gasteiger partial charge in [-0.2, -0.15) is 0 Å². The molecule has 37 valence electrons. The molecule has 0 heteroatoms. The zero-order chi connectivity index (χ0) is 5.41. The predicted molar refractivity (Wildman–Crippen MR) is 31.5 cm³/mol. The molecule has 0 fully saturated rings. The van der Waals surface area contributed by atoms with Crippen molar-refractivity contribution in [1.82, 2.24) is 0 Å². The summed E-state index contributed by atoms with van der Waals surface area (Å²) in [5.74, 6) is 0. The standard InChI is InChI=1S/C3H7.C3H6/c2*1-3-2/h1,3H2,2H3;3H,1H2,2H3. The van der Waals surface area contributed by atoms with Crippen LogP contribution in [-0.2, 0) is 0 Å². The van der Waals surface area contributed by atoms with Gasteiger partial charge < -0.3 is 0 Å². The monoisotopic (exact) mass is 85.1 g/mol. The Bertz CT molecular complexity index is 14.0. The van der Waals surface area contributed by atoms with Crippen molar-refractivity contribution in [2.24, 2.45) is 0 Å². The molecule has 1 radical (unpaired) electrons. The van der Waals surface area contributed by atoms with E-state index in [4.69, 9.17) is 0 Å². The van der Waals surface area contributed by atoms with Crippen LogP contribution in [0, 0.1) is 6.92 Å². The first-order chi connectivity index (χ1) is 2.83. The summed E-state index contributed by atoms with van der Waals surface area (Å²) < 4.78 is 0. The highest BCUT2D eigenvalue weighted by Gasteiger charge is 1.36. The molecule has 0 aliphatic carbocycles. The summed E-state index contributed by atoms with van der Waals surface area (Å²) in [6, 6.07) is 0. The average molecular weight is 85.2 g/mol. The SMILES string of the molecule is C=CC.[CH2]CC. The predicted octanol–water partition coefficient (Wildman–Crippen LogP) is 2.42. The lowest BCUT2D eigenvalue weighted by Crippen LogP contribution is -1.29. The summed E-state index contributed by atoms with van der Waals surface area (Å²) in [5.41, 5.74) is 0. The highest BCUT2D eigenvalue weighted by Crippen LogP contribution is 1.54. The van der Waals surface area contributed by atoms with E-state index in [-0.39, 0.29) is 0 Å². The Kier molecular flexibility index (Phi) is 33.7. The summed E-state index contributed by atoms with van der Waals surface area (Å²) >= 11 is 0. The molecule has 0 saturated heterocycles. The highest BCUT2D eigenvalue weighted by atomic mass is 13.4. The zero-order valence-corrected chi connectivity index (χ0v) is 4.70. The summed E-state index contributed by atoms with van der Waals surface area (Å²) in [4.78, 5) is 0. The second-order valence-electron chi connectivity index (χ2n) is 0.908. The molecule has 6 heavy (non-hydrogen) atoms. The van der Waals surface area contributed by atoms with Crippen LogP contribution < -0.4 is 0 Å². The van der Waals surface area contributed by atoms with Crippen molar-refractivity contribution in [2.75, 3.05) is 0 Å². The lowest BCUT2D eigenvalue weighted by molar-refractivity contribution is 1.23. The van der Waals surface area contributed by atoms with Crippen molar-refractivity contribution in [3.8, 4) is 0 Å². The van der Waals surface area contributed by atoms with Crippen molar-refractivity contribution in [3.05, 3.63) is 19.6 Å². The van der Waals surface area contributed by atoms with Crippen LogP contribution >= 0.6 is 0 Å². The van der Waals surface area contributed by atoms with E-state index in [0.717, 1.165) is 6.42 Å². The molecule has 0 amide bonds. The van der Waals surface area contributed by atoms with Gasteiger partial charge >= 0.3 is 0 Å². The van der Waals surface area contributed by atoms with Crippen molar-refractivity contribution in [3.63, 3.8) is 0 Å². The van der Waals surface area contributed by atoms with Crippen LogP contribution in [0.1, 0.15) is 20.3 Å². The maximum absolute atomic E-state index is 3.49. The van der Waals surface area contributed by atoms with Gasteiger partial charge in [0.1, 0.15) is 0 Å². The fourth-order valence-electron chi connectivity index (χ4n) is 0. The fraction of sp³-hybridized carbons (Fsp3) is 0.500. The summed E-state index contributed by atoms with van der Waals surface area (Å²) in [6.45, 7) is 10.8. The van der Waals surface area contributed by atoms with Gasteiger partial charge in [0, 0.05) is 0 Å². The number of hydrogen-bond donors (Lipinski definition) is 0. The lowest BCUT2D eigenvalue weighted by atomic mass is 10.6. The van der Waals surface area contributed by atoms with Crippen LogP contribution in [-0.4, -0.2) is 0 Å². The molecular weight excluding hydrogens is 72.1 g/mol. The maximum Gasteiger partial charge on any atom is -0.0473 e. The Morgan fingerprint density at radius 3 is 1.67 bits per heavy atom. The normalized spacial score (nSPS) is 5.17. The number of rotatable bonds is 0. The molecule has 0 atom stereocenters. The molecule has 0 aromatic heterocycles. The van der Waals surface area contributed by atoms with Gasteiger partial charge in [-0.1, -0.05) is 26.3 Å². The number of allylic oxidation sites excluding steroid dienone is 1. The molecule has 0 unspecified atom stereocenters. The molecule has 0 nitrogen and oxygen atoms in total. The summed E-state index contributed by atoms with van der Waals surface area (Å²) in [7, 11) is 0. The van der Waals surface area contributed by atoms with Crippen LogP contribution in [0.15, 0.2) is 12.7 Å². The molecule has 0 heterocycles. The molecule has 0 aromatic carbocycles. The van der Waals surface area contributed by atoms with Gasteiger partial charge in [-0.15, -0.1) is 6.58 Å². The van der Waals surface area contributed by atoms with E-state index in [2.05, 4.69) is 13.5 Å². The van der Waals surface area contributed by atoms with E-state index < -0.39 is 0 Å². The largest absolute Gasteiger partial charge is 0.103 e. The van der Waals surface area contributed by atoms with E-state index >= 15 is 0 Å². The maximum atomic E-state index is 3.49. The van der Waals surface area contributed by atoms with Crippen molar-refractivity contribution in [2.45, 2.75) is 20.3 Å². The summed E-state index contributed by atoms with van der Waals surface area (Å²) in [5, 5.41) is 0. The Hall–Kier alpha value is -0.260. The Labute approximate surface area is 40.9 Å². The molecule has 0 saturated carbocycles. The van der Waals surface area contributed by atoms with Gasteiger partial charge in [-0.05, 0) is 6.92 Å². The van der Waals surface area contributed by atoms with Gasteiger partial charge in [0.2, 0.25) is 0 Å². The van der Waals surface area contributed by atoms with Crippen molar-refractivity contribution < 1.29 is 0 Å². The van der Waals surface area contributed by atoms with E-state index in [1.54, 1.807) is 6.08 Å². The van der Waals surface area contributed by atoms with Crippen molar-refractivity contribution >= 4 is 0 Å². The smallest absolute Gasteiger partial charge is 0.0473 e. The van der Waals surface area contributed by atoms with Crippen LogP contribution in [0.2, 0.25) is 0 Å². The second-order valence-corrected chi connectivity index (χ2v) is 0.908. The number of hydrogen-bond acceptors (Lipinski definition) is 0. The molecule has 0 spiro atoms. The topological polar surface area (TPSA) is 0 Å². The molecule has 0 bridgehead atoms. The lowest BCUT2D eigenvalue weighted by Gasteiger charge is -1.47. The van der Waals surface area contributed by atoms with E-state index in [9.17, 15) is 0 Å². The third-order valence-electron chi connectivity index (χ3n) is 0. The molecular formula is C6H13. The van der Waals surface area contributed by atoms with Crippen molar-refractivity contribution in [1.29, 1.82) is 0 Å². The first-order valence-electron chi connectivity index (χ1n) is 2.19. The minimum absolute atomic E-state index is 1.00. The Morgan fingerprint density at radius 2 is 1.67 bits per heavy atom. The second kappa shape index (κ2) is 21.9. The first-order valence-corrected chi connectivity index (χ1v) is 2.19. The molecule has 0 aliphatic heterocycles. The molecule has 0 aliphatic rings. The quantitative estimate of drug-likeness (QED) is 0.396. The van der Waals surface area contributed by atoms with Crippen LogP contribution in [0.25, 0.3) is 0 Å². The molecule has 0 aromatic rings. The average Bonchev–Trinajstić information content (AvgIpc) is 1.39. The fourth-order valence-corrected chi connectivity index (χ4v) is 0. The van der Waals surface area contributed by atoms with Crippen LogP contribution in [0.3, 0.4) is 0 Å². The van der Waals surface area contributed by atoms with E-state index in [1.807, 2.05) is 13.8 Å². The third-order valence-corrected chi connectivity index (χ3v) is 0. The Balaban J connectivity index is 0. The van der Waals surface area contributed by atoms with Gasteiger partial charge in [0.05, 0.1) is 0 Å². The van der Waals surface area contributed by atoms with Gasteiger partial charge in [-0.3, -0.25) is 0 Å². The minimum atomic E-state index is 1.00. The zero-order valence-electron chi connectivity index (χ0n) is 4.70. The van der Waals surface area contributed by atoms with Gasteiger partial charge in [0.15, 0.2) is 0 Å². The molecule has 0 rings (SSSR count). The first kappa shape index (κ1) is 9.22. The highest BCUT2D eigenvalue weighted by molar-refractivity contribution is 4.51. The van der Waals surface area contributed by atoms with Gasteiger partial charge in [-0.25, -0.2) is 0 Å². The van der Waals surface area contributed by atoms with E-state index in [1.165, 1.54) is 0 Å². The van der Waals surface area contributed by atoms with E-state index in [0.29, 0.717) is 0 Å². The van der Waals surface area contributed by atoms with Crippen LogP contribution in [0.4, 0.5) is 0 Å². The minimum Gasteiger partial charge on any atom is -0.103 e. The third kappa shape index (κ3) is 415. The van der Waals surface area contributed by atoms with Crippen LogP contribution in [0.5, 0.6) is 0 Å². The van der Waals surface area contributed by atoms with Gasteiger partial charge in [0.25, 0.3) is 0 Å². The Morgan fingerprint density at radius 1 is 1.67 bits per heavy atom.